The summed E-state index contributed by atoms with van der Waals surface area (Å²) in [6, 6.07) is 8.19. The zero-order valence-corrected chi connectivity index (χ0v) is 12.8. The van der Waals surface area contributed by atoms with E-state index in [9.17, 15) is 8.42 Å². The summed E-state index contributed by atoms with van der Waals surface area (Å²) >= 11 is 0. The van der Waals surface area contributed by atoms with Crippen LogP contribution in [0, 0.1) is 5.92 Å². The Bertz CT molecular complexity index is 543. The van der Waals surface area contributed by atoms with E-state index in [1.165, 1.54) is 11.3 Å². The molecular formula is C14H23N3O2S. The van der Waals surface area contributed by atoms with Crippen LogP contribution in [0.25, 0.3) is 0 Å². The van der Waals surface area contributed by atoms with Gasteiger partial charge >= 0.3 is 0 Å². The van der Waals surface area contributed by atoms with Gasteiger partial charge in [0.2, 0.25) is 0 Å². The number of para-hydroxylation sites is 1. The zero-order valence-electron chi connectivity index (χ0n) is 12.0. The van der Waals surface area contributed by atoms with E-state index in [0.29, 0.717) is 24.9 Å². The third kappa shape index (κ3) is 4.19. The smallest absolute Gasteiger partial charge is 0.276 e. The maximum Gasteiger partial charge on any atom is 0.276 e. The minimum atomic E-state index is -3.37. The molecule has 1 aliphatic heterocycles. The number of fused-ring (bicyclic) bond motifs is 1. The molecule has 2 rings (SSSR count). The number of nitrogens with one attached hydrogen (secondary N) is 3. The van der Waals surface area contributed by atoms with Gasteiger partial charge in [0.1, 0.15) is 0 Å². The van der Waals surface area contributed by atoms with Crippen molar-refractivity contribution in [2.45, 2.75) is 26.2 Å². The summed E-state index contributed by atoms with van der Waals surface area (Å²) < 4.78 is 28.6. The number of benzene rings is 1. The van der Waals surface area contributed by atoms with E-state index in [1.807, 2.05) is 26.0 Å². The van der Waals surface area contributed by atoms with Crippen molar-refractivity contribution in [1.29, 1.82) is 0 Å². The molecule has 1 heterocycles. The zero-order chi connectivity index (χ0) is 14.6. The van der Waals surface area contributed by atoms with Gasteiger partial charge in [-0.2, -0.15) is 8.42 Å². The molecular weight excluding hydrogens is 274 g/mol. The Morgan fingerprint density at radius 3 is 2.80 bits per heavy atom. The lowest BCUT2D eigenvalue weighted by molar-refractivity contribution is 0.541. The summed E-state index contributed by atoms with van der Waals surface area (Å²) in [7, 11) is -3.37. The van der Waals surface area contributed by atoms with Crippen LogP contribution in [0.2, 0.25) is 0 Å². The van der Waals surface area contributed by atoms with Crippen LogP contribution in [0.5, 0.6) is 0 Å². The summed E-state index contributed by atoms with van der Waals surface area (Å²) in [5.74, 6) is 0.677. The van der Waals surface area contributed by atoms with Crippen molar-refractivity contribution in [1.82, 2.24) is 9.44 Å². The summed E-state index contributed by atoms with van der Waals surface area (Å²) in [4.78, 5) is 0. The third-order valence-corrected chi connectivity index (χ3v) is 4.54. The highest BCUT2D eigenvalue weighted by Gasteiger charge is 2.21. The second-order valence-electron chi connectivity index (χ2n) is 5.59. The highest BCUT2D eigenvalue weighted by molar-refractivity contribution is 7.87. The van der Waals surface area contributed by atoms with Crippen molar-refractivity contribution in [3.63, 3.8) is 0 Å². The number of anilines is 1. The minimum Gasteiger partial charge on any atom is -0.384 e. The Kier molecular flexibility index (Phi) is 5.01. The van der Waals surface area contributed by atoms with Crippen LogP contribution in [0.3, 0.4) is 0 Å². The number of hydrogen-bond donors (Lipinski definition) is 3. The molecule has 1 aromatic carbocycles. The van der Waals surface area contributed by atoms with Crippen LogP contribution in [0.15, 0.2) is 24.3 Å². The maximum atomic E-state index is 11.7. The predicted molar refractivity (Wildman–Crippen MR) is 82.1 cm³/mol. The lowest BCUT2D eigenvalue weighted by Gasteiger charge is -2.12. The first kappa shape index (κ1) is 15.3. The standard InChI is InChI=1S/C14H23N3O2S/c1-11(2)9-17-20(18,19)16-8-7-12-10-15-14-6-4-3-5-13(12)14/h3-6,11-12,15-17H,7-10H2,1-2H3. The van der Waals surface area contributed by atoms with Gasteiger partial charge in [0.05, 0.1) is 0 Å². The first-order valence-corrected chi connectivity index (χ1v) is 8.53. The van der Waals surface area contributed by atoms with Crippen LogP contribution < -0.4 is 14.8 Å². The average molecular weight is 297 g/mol. The molecule has 1 aliphatic rings. The summed E-state index contributed by atoms with van der Waals surface area (Å²) in [5, 5.41) is 3.35. The lowest BCUT2D eigenvalue weighted by Crippen LogP contribution is -2.39. The normalized spacial score (nSPS) is 18.1. The molecule has 3 N–H and O–H groups in total. The fraction of sp³-hybridized carbons (Fsp3) is 0.571. The van der Waals surface area contributed by atoms with Crippen molar-refractivity contribution in [2.75, 3.05) is 25.0 Å². The van der Waals surface area contributed by atoms with Crippen LogP contribution >= 0.6 is 0 Å². The topological polar surface area (TPSA) is 70.2 Å². The Morgan fingerprint density at radius 1 is 1.30 bits per heavy atom. The van der Waals surface area contributed by atoms with Crippen molar-refractivity contribution >= 4 is 15.9 Å². The Hall–Kier alpha value is -1.11. The molecule has 0 saturated carbocycles. The average Bonchev–Trinajstić information content (AvgIpc) is 2.80. The highest BCUT2D eigenvalue weighted by Crippen LogP contribution is 2.32. The Labute approximate surface area is 121 Å². The second-order valence-corrected chi connectivity index (χ2v) is 7.18. The first-order valence-electron chi connectivity index (χ1n) is 7.05. The molecule has 0 radical (unpaired) electrons. The van der Waals surface area contributed by atoms with Crippen LogP contribution in [-0.4, -0.2) is 28.1 Å². The summed E-state index contributed by atoms with van der Waals surface area (Å²) in [5.41, 5.74) is 2.44. The first-order chi connectivity index (χ1) is 9.48. The van der Waals surface area contributed by atoms with Gasteiger partial charge in [0, 0.05) is 31.2 Å². The van der Waals surface area contributed by atoms with Gasteiger partial charge in [0.15, 0.2) is 0 Å². The molecule has 0 aromatic heterocycles. The van der Waals surface area contributed by atoms with E-state index in [1.54, 1.807) is 0 Å². The molecule has 0 saturated heterocycles. The van der Waals surface area contributed by atoms with Crippen molar-refractivity contribution < 1.29 is 8.42 Å². The van der Waals surface area contributed by atoms with E-state index in [0.717, 1.165) is 13.0 Å². The predicted octanol–water partition coefficient (Wildman–Crippen LogP) is 1.67. The second kappa shape index (κ2) is 6.56. The molecule has 0 bridgehead atoms. The van der Waals surface area contributed by atoms with Gasteiger partial charge in [-0.15, -0.1) is 0 Å². The molecule has 6 heteroatoms. The third-order valence-electron chi connectivity index (χ3n) is 3.41. The molecule has 1 aromatic rings. The molecule has 0 fully saturated rings. The minimum absolute atomic E-state index is 0.303. The number of rotatable bonds is 7. The maximum absolute atomic E-state index is 11.7. The van der Waals surface area contributed by atoms with E-state index in [2.05, 4.69) is 26.9 Å². The molecule has 0 amide bonds. The van der Waals surface area contributed by atoms with Gasteiger partial charge in [-0.3, -0.25) is 0 Å². The SMILES string of the molecule is CC(C)CNS(=O)(=O)NCCC1CNc2ccccc21. The molecule has 112 valence electrons. The molecule has 1 unspecified atom stereocenters. The largest absolute Gasteiger partial charge is 0.384 e. The van der Waals surface area contributed by atoms with Gasteiger partial charge in [-0.1, -0.05) is 32.0 Å². The van der Waals surface area contributed by atoms with Crippen LogP contribution in [-0.2, 0) is 10.2 Å². The molecule has 0 spiro atoms. The van der Waals surface area contributed by atoms with E-state index < -0.39 is 10.2 Å². The van der Waals surface area contributed by atoms with Crippen LogP contribution in [0.4, 0.5) is 5.69 Å². The fourth-order valence-electron chi connectivity index (χ4n) is 2.31. The van der Waals surface area contributed by atoms with E-state index in [-0.39, 0.29) is 0 Å². The van der Waals surface area contributed by atoms with Crippen molar-refractivity contribution in [3.05, 3.63) is 29.8 Å². The van der Waals surface area contributed by atoms with Gasteiger partial charge in [0.25, 0.3) is 10.2 Å². The van der Waals surface area contributed by atoms with Gasteiger partial charge < -0.3 is 5.32 Å². The molecule has 0 aliphatic carbocycles. The number of hydrogen-bond acceptors (Lipinski definition) is 3. The molecule has 1 atom stereocenters. The van der Waals surface area contributed by atoms with E-state index >= 15 is 0 Å². The lowest BCUT2D eigenvalue weighted by atomic mass is 9.98. The summed E-state index contributed by atoms with van der Waals surface area (Å²) in [6.45, 7) is 5.74. The quantitative estimate of drug-likeness (QED) is 0.717. The molecule has 20 heavy (non-hydrogen) atoms. The van der Waals surface area contributed by atoms with Crippen LogP contribution in [0.1, 0.15) is 31.7 Å². The van der Waals surface area contributed by atoms with Gasteiger partial charge in [-0.05, 0) is 24.0 Å². The Balaban J connectivity index is 1.80. The molecule has 5 nitrogen and oxygen atoms in total. The van der Waals surface area contributed by atoms with E-state index in [4.69, 9.17) is 0 Å². The monoisotopic (exact) mass is 297 g/mol. The highest BCUT2D eigenvalue weighted by atomic mass is 32.2. The van der Waals surface area contributed by atoms with Crippen molar-refractivity contribution in [3.8, 4) is 0 Å². The van der Waals surface area contributed by atoms with Gasteiger partial charge in [-0.25, -0.2) is 9.44 Å². The summed E-state index contributed by atoms with van der Waals surface area (Å²) in [6.07, 6.45) is 0.798. The Morgan fingerprint density at radius 2 is 2.05 bits per heavy atom. The van der Waals surface area contributed by atoms with Crippen molar-refractivity contribution in [2.24, 2.45) is 5.92 Å². The fourth-order valence-corrected chi connectivity index (χ4v) is 3.35.